The van der Waals surface area contributed by atoms with Crippen LogP contribution < -0.4 is 5.63 Å². The third kappa shape index (κ3) is 1.46. The molecule has 2 heterocycles. The summed E-state index contributed by atoms with van der Waals surface area (Å²) in [6, 6.07) is 6.70. The number of fused-ring (bicyclic) bond motifs is 1. The Kier molecular flexibility index (Phi) is 2.45. The molecule has 0 aliphatic carbocycles. The first-order valence-electron chi connectivity index (χ1n) is 3.21. The highest BCUT2D eigenvalue weighted by Gasteiger charge is 1.93. The van der Waals surface area contributed by atoms with Gasteiger partial charge in [-0.05, 0) is 18.2 Å². The predicted octanol–water partition coefficient (Wildman–Crippen LogP) is 1.61. The minimum absolute atomic E-state index is 0. The molecule has 0 N–H and O–H groups in total. The Bertz CT molecular complexity index is 438. The first kappa shape index (κ1) is 8.74. The van der Waals surface area contributed by atoms with Gasteiger partial charge in [-0.25, -0.2) is 9.78 Å². The van der Waals surface area contributed by atoms with Crippen molar-refractivity contribution in [1.29, 1.82) is 0 Å². The summed E-state index contributed by atoms with van der Waals surface area (Å²) in [5.74, 6) is 0. The van der Waals surface area contributed by atoms with Gasteiger partial charge in [0, 0.05) is 17.6 Å². The second kappa shape index (κ2) is 3.36. The van der Waals surface area contributed by atoms with Gasteiger partial charge in [-0.3, -0.25) is 0 Å². The molecule has 0 bridgehead atoms. The summed E-state index contributed by atoms with van der Waals surface area (Å²) in [6.45, 7) is 0. The summed E-state index contributed by atoms with van der Waals surface area (Å²) < 4.78 is 4.79. The lowest BCUT2D eigenvalue weighted by molar-refractivity contribution is 0.549. The molecule has 0 spiro atoms. The maximum Gasteiger partial charge on any atom is 0.337 e. The molecule has 62 valence electrons. The van der Waals surface area contributed by atoms with E-state index in [1.165, 1.54) is 6.07 Å². The zero-order valence-corrected chi connectivity index (χ0v) is 6.88. The molecule has 3 nitrogen and oxygen atoms in total. The molecule has 0 atom stereocenters. The number of rotatable bonds is 0. The minimum atomic E-state index is -0.365. The Hall–Kier alpha value is -1.35. The fourth-order valence-corrected chi connectivity index (χ4v) is 0.903. The van der Waals surface area contributed by atoms with Crippen LogP contribution in [0.2, 0.25) is 0 Å². The number of halogens is 1. The van der Waals surface area contributed by atoms with E-state index in [-0.39, 0.29) is 18.0 Å². The van der Waals surface area contributed by atoms with E-state index in [9.17, 15) is 4.79 Å². The van der Waals surface area contributed by atoms with E-state index in [1.807, 2.05) is 6.07 Å². The SMILES string of the molecule is Cl.O=c1ccc2cccnc2o1. The molecule has 2 aromatic rings. The zero-order chi connectivity index (χ0) is 7.68. The second-order valence-corrected chi connectivity index (χ2v) is 2.15. The molecule has 0 fully saturated rings. The number of nitrogens with zero attached hydrogens (tertiary/aromatic N) is 1. The Balaban J connectivity index is 0.000000720. The van der Waals surface area contributed by atoms with Gasteiger partial charge in [0.1, 0.15) is 0 Å². The lowest BCUT2D eigenvalue weighted by Crippen LogP contribution is -1.94. The topological polar surface area (TPSA) is 43.1 Å². The van der Waals surface area contributed by atoms with Crippen molar-refractivity contribution < 1.29 is 4.42 Å². The van der Waals surface area contributed by atoms with Crippen molar-refractivity contribution >= 4 is 23.5 Å². The van der Waals surface area contributed by atoms with Gasteiger partial charge in [0.25, 0.3) is 0 Å². The first-order valence-corrected chi connectivity index (χ1v) is 3.21. The van der Waals surface area contributed by atoms with E-state index in [0.717, 1.165) is 5.39 Å². The molecule has 0 amide bonds. The molecular weight excluding hydrogens is 178 g/mol. The average molecular weight is 184 g/mol. The first-order chi connectivity index (χ1) is 5.36. The zero-order valence-electron chi connectivity index (χ0n) is 6.06. The predicted molar refractivity (Wildman–Crippen MR) is 47.5 cm³/mol. The second-order valence-electron chi connectivity index (χ2n) is 2.15. The summed E-state index contributed by atoms with van der Waals surface area (Å²) in [4.78, 5) is 14.6. The smallest absolute Gasteiger partial charge is 0.337 e. The third-order valence-corrected chi connectivity index (χ3v) is 1.40. The van der Waals surface area contributed by atoms with Gasteiger partial charge in [-0.2, -0.15) is 0 Å². The standard InChI is InChI=1S/C8H5NO2.ClH/c10-7-4-3-6-2-1-5-9-8(6)11-7;/h1-5H;1H. The van der Waals surface area contributed by atoms with Crippen LogP contribution in [0.25, 0.3) is 11.1 Å². The lowest BCUT2D eigenvalue weighted by atomic mass is 10.3. The van der Waals surface area contributed by atoms with Crippen molar-refractivity contribution in [1.82, 2.24) is 4.98 Å². The number of pyridine rings is 1. The fraction of sp³-hybridized carbons (Fsp3) is 0. The molecule has 0 radical (unpaired) electrons. The van der Waals surface area contributed by atoms with Crippen molar-refractivity contribution in [2.75, 3.05) is 0 Å². The van der Waals surface area contributed by atoms with Crippen molar-refractivity contribution in [2.24, 2.45) is 0 Å². The van der Waals surface area contributed by atoms with Gasteiger partial charge in [0.05, 0.1) is 0 Å². The van der Waals surface area contributed by atoms with Gasteiger partial charge in [-0.15, -0.1) is 12.4 Å². The Labute approximate surface area is 74.5 Å². The fourth-order valence-electron chi connectivity index (χ4n) is 0.903. The van der Waals surface area contributed by atoms with Crippen LogP contribution in [0.3, 0.4) is 0 Å². The van der Waals surface area contributed by atoms with E-state index < -0.39 is 0 Å². The van der Waals surface area contributed by atoms with Gasteiger partial charge >= 0.3 is 5.63 Å². The quantitative estimate of drug-likeness (QED) is 0.623. The molecule has 0 aromatic carbocycles. The Morgan fingerprint density at radius 3 is 2.92 bits per heavy atom. The maximum absolute atomic E-state index is 10.7. The van der Waals surface area contributed by atoms with Crippen molar-refractivity contribution in [3.63, 3.8) is 0 Å². The van der Waals surface area contributed by atoms with Gasteiger partial charge in [0.15, 0.2) is 0 Å². The molecule has 2 rings (SSSR count). The normalized spacial score (nSPS) is 9.33. The average Bonchev–Trinajstić information content (AvgIpc) is 2.04. The van der Waals surface area contributed by atoms with Crippen LogP contribution in [0.4, 0.5) is 0 Å². The van der Waals surface area contributed by atoms with Gasteiger partial charge in [0.2, 0.25) is 5.71 Å². The monoisotopic (exact) mass is 183 g/mol. The van der Waals surface area contributed by atoms with E-state index in [4.69, 9.17) is 4.42 Å². The summed E-state index contributed by atoms with van der Waals surface area (Å²) in [7, 11) is 0. The maximum atomic E-state index is 10.7. The van der Waals surface area contributed by atoms with Crippen LogP contribution in [0.5, 0.6) is 0 Å². The molecular formula is C8H6ClNO2. The summed E-state index contributed by atoms with van der Waals surface area (Å²) >= 11 is 0. The molecule has 4 heteroatoms. The third-order valence-electron chi connectivity index (χ3n) is 1.40. The van der Waals surface area contributed by atoms with Crippen LogP contribution in [0.1, 0.15) is 0 Å². The van der Waals surface area contributed by atoms with Crippen molar-refractivity contribution in [2.45, 2.75) is 0 Å². The van der Waals surface area contributed by atoms with Crippen molar-refractivity contribution in [3.05, 3.63) is 40.9 Å². The van der Waals surface area contributed by atoms with Crippen LogP contribution >= 0.6 is 12.4 Å². The lowest BCUT2D eigenvalue weighted by Gasteiger charge is -1.90. The van der Waals surface area contributed by atoms with E-state index in [2.05, 4.69) is 4.98 Å². The Morgan fingerprint density at radius 1 is 1.25 bits per heavy atom. The van der Waals surface area contributed by atoms with Crippen molar-refractivity contribution in [3.8, 4) is 0 Å². The number of aromatic nitrogens is 1. The molecule has 0 saturated carbocycles. The molecule has 0 unspecified atom stereocenters. The highest BCUT2D eigenvalue weighted by molar-refractivity contribution is 5.85. The number of hydrogen-bond acceptors (Lipinski definition) is 3. The summed E-state index contributed by atoms with van der Waals surface area (Å²) in [5.41, 5.74) is 0.0243. The van der Waals surface area contributed by atoms with E-state index >= 15 is 0 Å². The van der Waals surface area contributed by atoms with E-state index in [0.29, 0.717) is 5.71 Å². The molecule has 0 aliphatic rings. The summed E-state index contributed by atoms with van der Waals surface area (Å²) in [6.07, 6.45) is 1.59. The number of hydrogen-bond donors (Lipinski definition) is 0. The van der Waals surface area contributed by atoms with E-state index in [1.54, 1.807) is 18.3 Å². The highest BCUT2D eigenvalue weighted by atomic mass is 35.5. The van der Waals surface area contributed by atoms with Gasteiger partial charge < -0.3 is 4.42 Å². The molecule has 12 heavy (non-hydrogen) atoms. The Morgan fingerprint density at radius 2 is 2.08 bits per heavy atom. The molecule has 0 saturated heterocycles. The molecule has 2 aromatic heterocycles. The van der Waals surface area contributed by atoms with Gasteiger partial charge in [-0.1, -0.05) is 0 Å². The van der Waals surface area contributed by atoms with Crippen LogP contribution in [0.15, 0.2) is 39.7 Å². The van der Waals surface area contributed by atoms with Crippen LogP contribution in [-0.2, 0) is 0 Å². The summed E-state index contributed by atoms with van der Waals surface area (Å²) in [5, 5.41) is 0.840. The largest absolute Gasteiger partial charge is 0.404 e. The minimum Gasteiger partial charge on any atom is -0.404 e. The highest BCUT2D eigenvalue weighted by Crippen LogP contribution is 2.05. The molecule has 0 aliphatic heterocycles. The van der Waals surface area contributed by atoms with Crippen LogP contribution in [-0.4, -0.2) is 4.98 Å². The van der Waals surface area contributed by atoms with Crippen LogP contribution in [0, 0.1) is 0 Å².